The van der Waals surface area contributed by atoms with Crippen LogP contribution < -0.4 is 25.4 Å². The molecule has 1 aliphatic heterocycles. The van der Waals surface area contributed by atoms with E-state index >= 15 is 0 Å². The molecule has 1 saturated heterocycles. The average molecular weight is 1300 g/mol. The molecule has 24 heteroatoms. The van der Waals surface area contributed by atoms with E-state index in [2.05, 4.69) is 64.0 Å². The Hall–Kier alpha value is -6.93. The number of hydrogen-bond acceptors (Lipinski definition) is 15. The van der Waals surface area contributed by atoms with Crippen LogP contribution in [-0.4, -0.2) is 182 Å². The average Bonchev–Trinajstić information content (AvgIpc) is 3.87. The van der Waals surface area contributed by atoms with Gasteiger partial charge in [0.05, 0.1) is 70.6 Å². The normalized spacial score (nSPS) is 15.2. The summed E-state index contributed by atoms with van der Waals surface area (Å²) in [6.45, 7) is 9.51. The number of nitrogens with one attached hydrogen (secondary N) is 3. The van der Waals surface area contributed by atoms with E-state index in [0.717, 1.165) is 66.1 Å². The lowest BCUT2D eigenvalue weighted by Gasteiger charge is -2.33. The molecule has 0 spiro atoms. The predicted octanol–water partition coefficient (Wildman–Crippen LogP) is 9.17. The van der Waals surface area contributed by atoms with Crippen molar-refractivity contribution in [1.29, 1.82) is 0 Å². The van der Waals surface area contributed by atoms with Gasteiger partial charge in [-0.05, 0) is 117 Å². The molecule has 2 fully saturated rings. The highest BCUT2D eigenvalue weighted by molar-refractivity contribution is 9.10. The number of aromatic nitrogens is 4. The number of rotatable bonds is 36. The third-order valence-corrected chi connectivity index (χ3v) is 16.5. The Morgan fingerprint density at radius 3 is 2.20 bits per heavy atom. The van der Waals surface area contributed by atoms with Gasteiger partial charge in [-0.3, -0.25) is 19.7 Å². The Labute approximate surface area is 526 Å². The quantitative estimate of drug-likeness (QED) is 0.0314. The maximum absolute atomic E-state index is 14.4. The number of halogens is 3. The molecule has 0 radical (unpaired) electrons. The molecular weight excluding hydrogens is 1220 g/mol. The van der Waals surface area contributed by atoms with Gasteiger partial charge in [-0.15, -0.1) is 16.4 Å². The molecule has 2 atom stereocenters. The SMILES string of the molecule is CN(CCCCOc1ccc(CCC(=O)N(CC2CCC(F)(F)C2)C(C(=O)NCc2ccccc2)c2ccc(Br)cc2)cc1)CCOCCOCCc1cn(CCOCCOc2ccc(NC(=O)Nc3nc(CC(=O)N4CCN(C)CC4)cs3)cc2)nn1. The first kappa shape index (κ1) is 67.0. The van der Waals surface area contributed by atoms with Crippen LogP contribution in [0.1, 0.15) is 72.6 Å². The van der Waals surface area contributed by atoms with Gasteiger partial charge < -0.3 is 53.9 Å². The first-order valence-electron chi connectivity index (χ1n) is 30.2. The molecule has 3 heterocycles. The summed E-state index contributed by atoms with van der Waals surface area (Å²) < 4.78 is 60.6. The fourth-order valence-corrected chi connectivity index (χ4v) is 11.2. The van der Waals surface area contributed by atoms with Crippen molar-refractivity contribution in [3.05, 3.63) is 147 Å². The monoisotopic (exact) mass is 1300 g/mol. The lowest BCUT2D eigenvalue weighted by molar-refractivity contribution is -0.141. The van der Waals surface area contributed by atoms with E-state index in [0.29, 0.717) is 113 Å². The highest BCUT2D eigenvalue weighted by Crippen LogP contribution is 2.40. The van der Waals surface area contributed by atoms with Crippen LogP contribution in [0.3, 0.4) is 0 Å². The van der Waals surface area contributed by atoms with Gasteiger partial charge in [0.2, 0.25) is 23.6 Å². The van der Waals surface area contributed by atoms with Crippen LogP contribution in [0.15, 0.2) is 119 Å². The van der Waals surface area contributed by atoms with Crippen molar-refractivity contribution in [2.24, 2.45) is 5.92 Å². The molecule has 2 aromatic heterocycles. The van der Waals surface area contributed by atoms with E-state index in [9.17, 15) is 28.0 Å². The summed E-state index contributed by atoms with van der Waals surface area (Å²) in [4.78, 5) is 65.7. The van der Waals surface area contributed by atoms with Crippen molar-refractivity contribution in [1.82, 2.24) is 44.9 Å². The first-order chi connectivity index (χ1) is 42.7. The van der Waals surface area contributed by atoms with E-state index in [1.807, 2.05) is 84.9 Å². The third kappa shape index (κ3) is 23.2. The molecule has 1 saturated carbocycles. The summed E-state index contributed by atoms with van der Waals surface area (Å²) >= 11 is 4.75. The lowest BCUT2D eigenvalue weighted by atomic mass is 9.99. The Morgan fingerprint density at radius 1 is 0.761 bits per heavy atom. The number of likely N-dealkylation sites (N-methyl/N-ethyl adjacent to an activating group) is 2. The zero-order valence-electron chi connectivity index (χ0n) is 50.3. The number of carbonyl (C=O) groups is 4. The van der Waals surface area contributed by atoms with Crippen LogP contribution >= 0.6 is 27.3 Å². The molecule has 1 aliphatic carbocycles. The third-order valence-electron chi connectivity index (χ3n) is 15.2. The summed E-state index contributed by atoms with van der Waals surface area (Å²) in [5, 5.41) is 19.2. The minimum Gasteiger partial charge on any atom is -0.494 e. The van der Waals surface area contributed by atoms with Crippen LogP contribution in [-0.2, 0) is 60.9 Å². The molecule has 88 heavy (non-hydrogen) atoms. The standard InChI is InChI=1S/C64H82BrF2N11O9S/c1-74(27-6-7-34-86-56-19-10-48(11-20-56)12-23-58(79)78(45-50-24-26-64(66,67)43-50)60(51-13-15-52(65)16-14-51)61(81)68-44-49-8-4-3-5-9-49)32-36-84-39-38-83-35-25-54-46-77(73-72-54)33-37-85-40-41-87-57-21-17-53(18-22-57)69-62(82)71-63-70-55(47-88-63)42-59(80)76-30-28-75(2)29-31-76/h3-5,8-11,13-22,46-47,50,60H,6-7,12,23-45H2,1-2H3,(H,68,81)(H2,69,70,71,82). The number of nitrogens with zero attached hydrogens (tertiary/aromatic N) is 8. The van der Waals surface area contributed by atoms with Crippen LogP contribution in [0.5, 0.6) is 11.5 Å². The lowest BCUT2D eigenvalue weighted by Crippen LogP contribution is -2.47. The van der Waals surface area contributed by atoms with Crippen LogP contribution in [0, 0.1) is 5.92 Å². The second kappa shape index (κ2) is 35.3. The number of unbranched alkanes of at least 4 members (excludes halogenated alkanes) is 1. The largest absolute Gasteiger partial charge is 0.494 e. The zero-order valence-corrected chi connectivity index (χ0v) is 52.7. The van der Waals surface area contributed by atoms with Gasteiger partial charge in [-0.2, -0.15) is 0 Å². The fraction of sp³-hybridized carbons (Fsp3) is 0.484. The number of thiazole rings is 1. The predicted molar refractivity (Wildman–Crippen MR) is 337 cm³/mol. The Bertz CT molecular complexity index is 3070. The van der Waals surface area contributed by atoms with Gasteiger partial charge in [0, 0.05) is 93.2 Å². The molecular formula is C64H82BrF2N11O9S. The van der Waals surface area contributed by atoms with E-state index in [-0.39, 0.29) is 62.9 Å². The number of hydrogen-bond donors (Lipinski definition) is 3. The minimum atomic E-state index is -2.79. The van der Waals surface area contributed by atoms with Gasteiger partial charge in [-0.1, -0.05) is 75.7 Å². The number of aryl methyl sites for hydroxylation is 1. The number of amides is 5. The molecule has 20 nitrogen and oxygen atoms in total. The van der Waals surface area contributed by atoms with E-state index in [1.54, 1.807) is 46.5 Å². The Kier molecular flexibility index (Phi) is 26.9. The van der Waals surface area contributed by atoms with Crippen LogP contribution in [0.4, 0.5) is 24.4 Å². The number of carbonyl (C=O) groups excluding carboxylic acids is 4. The van der Waals surface area contributed by atoms with E-state index in [4.69, 9.17) is 23.7 Å². The second-order valence-electron chi connectivity index (χ2n) is 22.2. The number of benzene rings is 4. The number of urea groups is 1. The maximum atomic E-state index is 14.4. The van der Waals surface area contributed by atoms with Crippen LogP contribution in [0.2, 0.25) is 0 Å². The van der Waals surface area contributed by atoms with Crippen molar-refractivity contribution >= 4 is 61.8 Å². The van der Waals surface area contributed by atoms with Crippen molar-refractivity contribution in [2.75, 3.05) is 123 Å². The van der Waals surface area contributed by atoms with Gasteiger partial charge in [0.1, 0.15) is 24.1 Å². The first-order valence-corrected chi connectivity index (χ1v) is 31.9. The number of alkyl halides is 2. The minimum absolute atomic E-state index is 0.0423. The van der Waals surface area contributed by atoms with E-state index in [1.165, 1.54) is 16.2 Å². The molecule has 3 N–H and O–H groups in total. The smallest absolute Gasteiger partial charge is 0.325 e. The molecule has 2 unspecified atom stereocenters. The zero-order chi connectivity index (χ0) is 61.9. The van der Waals surface area contributed by atoms with Crippen molar-refractivity contribution in [2.45, 2.75) is 82.8 Å². The van der Waals surface area contributed by atoms with Gasteiger partial charge >= 0.3 is 6.03 Å². The molecule has 8 rings (SSSR count). The fourth-order valence-electron chi connectivity index (χ4n) is 10.2. The number of piperazine rings is 1. The molecule has 5 amide bonds. The molecule has 2 aliphatic rings. The second-order valence-corrected chi connectivity index (χ2v) is 24.0. The summed E-state index contributed by atoms with van der Waals surface area (Å²) in [5.74, 6) is -2.43. The van der Waals surface area contributed by atoms with Crippen molar-refractivity contribution in [3.8, 4) is 11.5 Å². The summed E-state index contributed by atoms with van der Waals surface area (Å²) in [6.07, 6.45) is 4.82. The summed E-state index contributed by atoms with van der Waals surface area (Å²) in [7, 11) is 4.12. The number of anilines is 2. The van der Waals surface area contributed by atoms with Crippen LogP contribution in [0.25, 0.3) is 0 Å². The summed E-state index contributed by atoms with van der Waals surface area (Å²) in [6, 6.07) is 30.0. The highest BCUT2D eigenvalue weighted by Gasteiger charge is 2.42. The van der Waals surface area contributed by atoms with Crippen molar-refractivity contribution < 1.29 is 51.6 Å². The topological polar surface area (TPSA) is 207 Å². The molecule has 474 valence electrons. The van der Waals surface area contributed by atoms with E-state index < -0.39 is 23.9 Å². The summed E-state index contributed by atoms with van der Waals surface area (Å²) in [5.41, 5.74) is 4.50. The molecule has 6 aromatic rings. The Balaban J connectivity index is 0.619. The van der Waals surface area contributed by atoms with Gasteiger partial charge in [-0.25, -0.2) is 23.2 Å². The maximum Gasteiger partial charge on any atom is 0.325 e. The number of ether oxygens (including phenoxy) is 5. The van der Waals surface area contributed by atoms with Crippen molar-refractivity contribution in [3.63, 3.8) is 0 Å². The molecule has 4 aromatic carbocycles. The van der Waals surface area contributed by atoms with Gasteiger partial charge in [0.15, 0.2) is 5.13 Å². The van der Waals surface area contributed by atoms with Gasteiger partial charge in [0.25, 0.3) is 0 Å². The highest BCUT2D eigenvalue weighted by atomic mass is 79.9. The molecule has 0 bridgehead atoms. The Morgan fingerprint density at radius 2 is 1.47 bits per heavy atom.